The van der Waals surface area contributed by atoms with Gasteiger partial charge in [0.15, 0.2) is 11.2 Å². The summed E-state index contributed by atoms with van der Waals surface area (Å²) < 4.78 is 29.2. The van der Waals surface area contributed by atoms with E-state index in [1.54, 1.807) is 27.3 Å². The SMILES string of the molecule is COc1ccc(/C=C2\CCCN(c3nc4c(c(=O)n(C)c(=O)n4C)n3Cc3cccc(F)c3)CC2)c(OC)c1. The van der Waals surface area contributed by atoms with Crippen molar-refractivity contribution < 1.29 is 13.9 Å². The van der Waals surface area contributed by atoms with E-state index < -0.39 is 11.2 Å². The number of aromatic nitrogens is 4. The number of halogens is 1. The first-order valence-corrected chi connectivity index (χ1v) is 12.9. The molecule has 4 aromatic rings. The lowest BCUT2D eigenvalue weighted by Crippen LogP contribution is -2.37. The Morgan fingerprint density at radius 1 is 1.00 bits per heavy atom. The molecule has 39 heavy (non-hydrogen) atoms. The normalized spacial score (nSPS) is 15.1. The van der Waals surface area contributed by atoms with Crippen LogP contribution in [0.1, 0.15) is 30.4 Å². The van der Waals surface area contributed by atoms with Gasteiger partial charge in [0.1, 0.15) is 17.3 Å². The Balaban J connectivity index is 1.54. The summed E-state index contributed by atoms with van der Waals surface area (Å²) in [6, 6.07) is 12.1. The van der Waals surface area contributed by atoms with Gasteiger partial charge in [-0.05, 0) is 49.1 Å². The van der Waals surface area contributed by atoms with Crippen molar-refractivity contribution >= 4 is 23.2 Å². The molecule has 0 saturated carbocycles. The highest BCUT2D eigenvalue weighted by Crippen LogP contribution is 2.30. The zero-order chi connectivity index (χ0) is 27.7. The highest BCUT2D eigenvalue weighted by Gasteiger charge is 2.24. The van der Waals surface area contributed by atoms with Gasteiger partial charge in [0.25, 0.3) is 5.56 Å². The summed E-state index contributed by atoms with van der Waals surface area (Å²) in [5.41, 5.74) is 2.73. The van der Waals surface area contributed by atoms with Gasteiger partial charge in [0.2, 0.25) is 5.95 Å². The Bertz CT molecular complexity index is 1680. The van der Waals surface area contributed by atoms with Crippen molar-refractivity contribution in [2.45, 2.75) is 25.8 Å². The van der Waals surface area contributed by atoms with Gasteiger partial charge in [0.05, 0.1) is 20.8 Å². The Kier molecular flexibility index (Phi) is 7.28. The number of ether oxygens (including phenoxy) is 2. The third kappa shape index (κ3) is 5.06. The van der Waals surface area contributed by atoms with Crippen molar-refractivity contribution in [3.05, 3.63) is 85.8 Å². The molecule has 0 N–H and O–H groups in total. The average molecular weight is 534 g/mol. The Hall–Kier alpha value is -4.34. The maximum Gasteiger partial charge on any atom is 0.332 e. The fourth-order valence-corrected chi connectivity index (χ4v) is 5.16. The Labute approximate surface area is 225 Å². The van der Waals surface area contributed by atoms with Crippen molar-refractivity contribution in [2.24, 2.45) is 14.1 Å². The second kappa shape index (κ2) is 10.8. The van der Waals surface area contributed by atoms with Gasteiger partial charge in [-0.15, -0.1) is 0 Å². The minimum atomic E-state index is -0.441. The number of nitrogens with zero attached hydrogens (tertiary/aromatic N) is 5. The van der Waals surface area contributed by atoms with Crippen molar-refractivity contribution in [1.82, 2.24) is 18.7 Å². The van der Waals surface area contributed by atoms with Gasteiger partial charge in [-0.3, -0.25) is 18.5 Å². The summed E-state index contributed by atoms with van der Waals surface area (Å²) in [6.07, 6.45) is 4.73. The number of fused-ring (bicyclic) bond motifs is 1. The molecule has 0 spiro atoms. The molecular weight excluding hydrogens is 501 g/mol. The smallest absolute Gasteiger partial charge is 0.332 e. The van der Waals surface area contributed by atoms with Crippen LogP contribution in [0.4, 0.5) is 10.3 Å². The van der Waals surface area contributed by atoms with Crippen molar-refractivity contribution in [3.8, 4) is 11.5 Å². The minimum Gasteiger partial charge on any atom is -0.497 e. The number of anilines is 1. The van der Waals surface area contributed by atoms with Gasteiger partial charge >= 0.3 is 5.69 Å². The second-order valence-electron chi connectivity index (χ2n) is 9.76. The van der Waals surface area contributed by atoms with Gasteiger partial charge in [-0.25, -0.2) is 9.18 Å². The molecule has 0 amide bonds. The van der Waals surface area contributed by atoms with Crippen molar-refractivity contribution in [1.29, 1.82) is 0 Å². The molecule has 9 nitrogen and oxygen atoms in total. The molecule has 0 bridgehead atoms. The van der Waals surface area contributed by atoms with Crippen LogP contribution in [-0.4, -0.2) is 46.0 Å². The van der Waals surface area contributed by atoms with E-state index in [2.05, 4.69) is 11.0 Å². The molecular formula is C29H32FN5O4. The summed E-state index contributed by atoms with van der Waals surface area (Å²) in [5.74, 6) is 1.73. The molecule has 1 saturated heterocycles. The first-order valence-electron chi connectivity index (χ1n) is 12.9. The van der Waals surface area contributed by atoms with E-state index >= 15 is 0 Å². The third-order valence-electron chi connectivity index (χ3n) is 7.27. The molecule has 0 atom stereocenters. The van der Waals surface area contributed by atoms with E-state index in [1.165, 1.54) is 29.3 Å². The number of imidazole rings is 1. The Morgan fingerprint density at radius 2 is 1.82 bits per heavy atom. The highest BCUT2D eigenvalue weighted by atomic mass is 19.1. The summed E-state index contributed by atoms with van der Waals surface area (Å²) in [5, 5.41) is 0. The largest absolute Gasteiger partial charge is 0.497 e. The fraction of sp³-hybridized carbons (Fsp3) is 0.345. The molecule has 3 heterocycles. The monoisotopic (exact) mass is 533 g/mol. The lowest BCUT2D eigenvalue weighted by Gasteiger charge is -2.22. The Morgan fingerprint density at radius 3 is 2.56 bits per heavy atom. The quantitative estimate of drug-likeness (QED) is 0.376. The van der Waals surface area contributed by atoms with Crippen molar-refractivity contribution in [2.75, 3.05) is 32.2 Å². The first-order chi connectivity index (χ1) is 18.8. The van der Waals surface area contributed by atoms with Crippen LogP contribution in [0.5, 0.6) is 11.5 Å². The summed E-state index contributed by atoms with van der Waals surface area (Å²) >= 11 is 0. The number of benzene rings is 2. The van der Waals surface area contributed by atoms with Crippen LogP contribution in [0.25, 0.3) is 17.2 Å². The molecule has 1 aliphatic rings. The molecule has 1 aliphatic heterocycles. The van der Waals surface area contributed by atoms with E-state index in [4.69, 9.17) is 14.5 Å². The van der Waals surface area contributed by atoms with Gasteiger partial charge in [-0.2, -0.15) is 4.98 Å². The zero-order valence-corrected chi connectivity index (χ0v) is 22.6. The molecule has 5 rings (SSSR count). The maximum atomic E-state index is 14.0. The predicted octanol–water partition coefficient (Wildman–Crippen LogP) is 3.71. The van der Waals surface area contributed by atoms with Crippen LogP contribution < -0.4 is 25.6 Å². The van der Waals surface area contributed by atoms with Crippen LogP contribution in [0.2, 0.25) is 0 Å². The van der Waals surface area contributed by atoms with Crippen LogP contribution in [0.15, 0.2) is 57.6 Å². The molecule has 2 aromatic carbocycles. The summed E-state index contributed by atoms with van der Waals surface area (Å²) in [4.78, 5) is 32.9. The van der Waals surface area contributed by atoms with Crippen molar-refractivity contribution in [3.63, 3.8) is 0 Å². The number of aryl methyl sites for hydroxylation is 1. The van der Waals surface area contributed by atoms with Gasteiger partial charge in [0, 0.05) is 38.8 Å². The maximum absolute atomic E-state index is 14.0. The topological polar surface area (TPSA) is 83.5 Å². The number of hydrogen-bond donors (Lipinski definition) is 0. The number of methoxy groups -OCH3 is 2. The highest BCUT2D eigenvalue weighted by molar-refractivity contribution is 5.75. The second-order valence-corrected chi connectivity index (χ2v) is 9.76. The minimum absolute atomic E-state index is 0.249. The van der Waals surface area contributed by atoms with Gasteiger partial charge < -0.3 is 14.4 Å². The van der Waals surface area contributed by atoms with E-state index in [0.717, 1.165) is 47.4 Å². The van der Waals surface area contributed by atoms with Crippen LogP contribution >= 0.6 is 0 Å². The zero-order valence-electron chi connectivity index (χ0n) is 22.6. The molecule has 204 valence electrons. The standard InChI is InChI=1S/C29H32FN5O4/c1-32-26-25(27(36)33(2)29(32)37)35(18-20-7-5-9-22(30)16-20)28(31-26)34-13-6-8-19(12-14-34)15-21-10-11-23(38-3)17-24(21)39-4/h5,7,9-11,15-17H,6,8,12-14,18H2,1-4H3/b19-15+. The molecule has 0 unspecified atom stereocenters. The lowest BCUT2D eigenvalue weighted by molar-refractivity contribution is 0.393. The van der Waals surface area contributed by atoms with Crippen LogP contribution in [0, 0.1) is 5.82 Å². The molecule has 2 aromatic heterocycles. The number of hydrogen-bond acceptors (Lipinski definition) is 6. The van der Waals surface area contributed by atoms with E-state index in [0.29, 0.717) is 29.2 Å². The van der Waals surface area contributed by atoms with E-state index in [-0.39, 0.29) is 12.4 Å². The first kappa shape index (κ1) is 26.3. The van der Waals surface area contributed by atoms with E-state index in [9.17, 15) is 14.0 Å². The summed E-state index contributed by atoms with van der Waals surface area (Å²) in [7, 11) is 6.34. The molecule has 1 fully saturated rings. The molecule has 0 aliphatic carbocycles. The summed E-state index contributed by atoms with van der Waals surface area (Å²) in [6.45, 7) is 1.64. The van der Waals surface area contributed by atoms with Crippen LogP contribution in [-0.2, 0) is 20.6 Å². The average Bonchev–Trinajstić information content (AvgIpc) is 3.15. The fourth-order valence-electron chi connectivity index (χ4n) is 5.16. The lowest BCUT2D eigenvalue weighted by atomic mass is 10.0. The number of rotatable bonds is 6. The molecule has 0 radical (unpaired) electrons. The van der Waals surface area contributed by atoms with E-state index in [1.807, 2.05) is 28.8 Å². The van der Waals surface area contributed by atoms with Gasteiger partial charge in [-0.1, -0.05) is 23.8 Å². The molecule has 10 heteroatoms. The van der Waals surface area contributed by atoms with Crippen LogP contribution in [0.3, 0.4) is 0 Å². The predicted molar refractivity (Wildman–Crippen MR) is 149 cm³/mol. The third-order valence-corrected chi connectivity index (χ3v) is 7.27.